The maximum absolute atomic E-state index is 12.9. The van der Waals surface area contributed by atoms with Crippen molar-refractivity contribution in [2.24, 2.45) is 10.8 Å². The monoisotopic (exact) mass is 484 g/mol. The quantitative estimate of drug-likeness (QED) is 0.340. The van der Waals surface area contributed by atoms with Crippen molar-refractivity contribution in [2.45, 2.75) is 12.3 Å². The van der Waals surface area contributed by atoms with E-state index in [-0.39, 0.29) is 11.1 Å². The first-order valence-electron chi connectivity index (χ1n) is 10.3. The van der Waals surface area contributed by atoms with Gasteiger partial charge in [-0.3, -0.25) is 4.79 Å². The van der Waals surface area contributed by atoms with Gasteiger partial charge in [0, 0.05) is 17.4 Å². The van der Waals surface area contributed by atoms with Crippen LogP contribution < -0.4 is 26.9 Å². The molecule has 1 aliphatic rings. The van der Waals surface area contributed by atoms with Crippen LogP contribution in [0.3, 0.4) is 0 Å². The number of amides is 1. The third-order valence-electron chi connectivity index (χ3n) is 5.16. The molecule has 8 nitrogen and oxygen atoms in total. The van der Waals surface area contributed by atoms with Gasteiger partial charge in [0.15, 0.2) is 5.69 Å². The zero-order valence-electron chi connectivity index (χ0n) is 17.4. The fourth-order valence-electron chi connectivity index (χ4n) is 3.50. The predicted molar refractivity (Wildman–Crippen MR) is 133 cm³/mol. The summed E-state index contributed by atoms with van der Waals surface area (Å²) in [6.45, 7) is 0.345. The van der Waals surface area contributed by atoms with Crippen LogP contribution in [0.15, 0.2) is 71.8 Å². The van der Waals surface area contributed by atoms with Crippen LogP contribution in [0, 0.1) is 5.21 Å². The summed E-state index contributed by atoms with van der Waals surface area (Å²) in [5.41, 5.74) is 9.01. The lowest BCUT2D eigenvalue weighted by atomic mass is 9.94. The van der Waals surface area contributed by atoms with Gasteiger partial charge in [-0.05, 0) is 66.1 Å². The van der Waals surface area contributed by atoms with Crippen molar-refractivity contribution in [3.05, 3.63) is 87.5 Å². The maximum atomic E-state index is 12.9. The summed E-state index contributed by atoms with van der Waals surface area (Å²) < 4.78 is 0. The van der Waals surface area contributed by atoms with E-state index in [4.69, 9.17) is 28.9 Å². The summed E-state index contributed by atoms with van der Waals surface area (Å²) in [6, 6.07) is 19.4. The number of para-hydroxylation sites is 1. The highest BCUT2D eigenvalue weighted by molar-refractivity contribution is 6.42. The van der Waals surface area contributed by atoms with E-state index in [1.807, 2.05) is 12.1 Å². The van der Waals surface area contributed by atoms with Gasteiger partial charge in [-0.25, -0.2) is 5.17 Å². The fourth-order valence-corrected chi connectivity index (χ4v) is 3.81. The van der Waals surface area contributed by atoms with Crippen molar-refractivity contribution in [3.63, 3.8) is 0 Å². The first-order chi connectivity index (χ1) is 15.9. The van der Waals surface area contributed by atoms with Crippen molar-refractivity contribution >= 4 is 57.8 Å². The number of nitrogens with two attached hydrogens (primary N) is 1. The average molecular weight is 485 g/mol. The number of hydrogen-bond donors (Lipinski definition) is 5. The summed E-state index contributed by atoms with van der Waals surface area (Å²) in [5.74, 6) is -0.326. The second kappa shape index (κ2) is 10.2. The lowest BCUT2D eigenvalue weighted by Crippen LogP contribution is -2.98. The summed E-state index contributed by atoms with van der Waals surface area (Å²) in [6.07, 6.45) is 0.463. The van der Waals surface area contributed by atoms with Gasteiger partial charge in [-0.1, -0.05) is 41.4 Å². The van der Waals surface area contributed by atoms with Gasteiger partial charge in [0.1, 0.15) is 5.69 Å². The molecule has 170 valence electrons. The summed E-state index contributed by atoms with van der Waals surface area (Å²) in [4.78, 5) is 12.9. The molecular weight excluding hydrogens is 463 g/mol. The third kappa shape index (κ3) is 5.44. The molecule has 10 heteroatoms. The topological polar surface area (TPSA) is 119 Å². The van der Waals surface area contributed by atoms with Gasteiger partial charge in [0.25, 0.3) is 5.96 Å². The van der Waals surface area contributed by atoms with Crippen LogP contribution in [0.2, 0.25) is 10.0 Å². The van der Waals surface area contributed by atoms with Crippen LogP contribution in [0.1, 0.15) is 17.9 Å². The van der Waals surface area contributed by atoms with E-state index in [1.165, 1.54) is 0 Å². The molecule has 1 amide bonds. The molecule has 0 spiro atoms. The number of nitrogens with one attached hydrogen (secondary N) is 4. The maximum Gasteiger partial charge on any atom is 0.260 e. The highest BCUT2D eigenvalue weighted by Crippen LogP contribution is 2.29. The van der Waals surface area contributed by atoms with Crippen LogP contribution in [-0.4, -0.2) is 18.4 Å². The number of carbonyl (C=O) groups is 1. The number of benzene rings is 3. The number of fused-ring (bicyclic) bond motifs is 1. The lowest BCUT2D eigenvalue weighted by Gasteiger charge is -2.25. The summed E-state index contributed by atoms with van der Waals surface area (Å²) in [7, 11) is 0. The number of anilines is 3. The van der Waals surface area contributed by atoms with E-state index in [9.17, 15) is 10.0 Å². The molecule has 0 saturated carbocycles. The van der Waals surface area contributed by atoms with Gasteiger partial charge in [-0.2, -0.15) is 0 Å². The van der Waals surface area contributed by atoms with Crippen molar-refractivity contribution in [3.8, 4) is 0 Å². The molecule has 33 heavy (non-hydrogen) atoms. The molecule has 3 aromatic carbocycles. The SMILES string of the molecule is NCCC(C(=O)Nc1ccc(NC2=N[NH+]([O-])c3ccccc3N2)cc1)c1ccc(Cl)c(Cl)c1. The van der Waals surface area contributed by atoms with Crippen LogP contribution in [0.25, 0.3) is 0 Å². The molecule has 1 heterocycles. The van der Waals surface area contributed by atoms with Crippen LogP contribution in [0.5, 0.6) is 0 Å². The van der Waals surface area contributed by atoms with Crippen molar-refractivity contribution in [2.75, 3.05) is 22.5 Å². The summed E-state index contributed by atoms with van der Waals surface area (Å²) >= 11 is 12.1. The Kier molecular flexibility index (Phi) is 7.12. The lowest BCUT2D eigenvalue weighted by molar-refractivity contribution is -0.783. The predicted octanol–water partition coefficient (Wildman–Crippen LogP) is 3.89. The minimum absolute atomic E-state index is 0.194. The van der Waals surface area contributed by atoms with Gasteiger partial charge < -0.3 is 26.9 Å². The number of hydrogen-bond acceptors (Lipinski definition) is 6. The zero-order valence-corrected chi connectivity index (χ0v) is 19.0. The van der Waals surface area contributed by atoms with Gasteiger partial charge in [0.2, 0.25) is 5.91 Å². The number of halogens is 2. The minimum atomic E-state index is -0.463. The third-order valence-corrected chi connectivity index (χ3v) is 5.90. The molecule has 0 aliphatic carbocycles. The van der Waals surface area contributed by atoms with Gasteiger partial charge in [0.05, 0.1) is 16.0 Å². The highest BCUT2D eigenvalue weighted by atomic mass is 35.5. The second-order valence-electron chi connectivity index (χ2n) is 7.43. The number of quaternary nitrogens is 1. The van der Waals surface area contributed by atoms with Gasteiger partial charge in [-0.15, -0.1) is 0 Å². The molecule has 2 unspecified atom stereocenters. The Bertz CT molecular complexity index is 1190. The Morgan fingerprint density at radius 1 is 1.06 bits per heavy atom. The zero-order chi connectivity index (χ0) is 23.4. The second-order valence-corrected chi connectivity index (χ2v) is 8.25. The summed E-state index contributed by atoms with van der Waals surface area (Å²) in [5, 5.41) is 25.8. The van der Waals surface area contributed by atoms with Crippen molar-refractivity contribution < 1.29 is 9.97 Å². The highest BCUT2D eigenvalue weighted by Gasteiger charge is 2.21. The Hall–Kier alpha value is -3.14. The van der Waals surface area contributed by atoms with Crippen LogP contribution in [-0.2, 0) is 4.79 Å². The van der Waals surface area contributed by atoms with E-state index < -0.39 is 5.92 Å². The molecule has 0 fully saturated rings. The molecule has 6 N–H and O–H groups in total. The molecule has 2 atom stereocenters. The number of carbonyl (C=O) groups excluding carboxylic acids is 1. The van der Waals surface area contributed by atoms with Crippen molar-refractivity contribution in [1.29, 1.82) is 0 Å². The van der Waals surface area contributed by atoms with Gasteiger partial charge >= 0.3 is 0 Å². The smallest absolute Gasteiger partial charge is 0.260 e. The van der Waals surface area contributed by atoms with E-state index in [0.717, 1.165) is 5.56 Å². The molecule has 0 saturated heterocycles. The first-order valence-corrected chi connectivity index (χ1v) is 11.0. The molecule has 0 radical (unpaired) electrons. The molecule has 1 aliphatic heterocycles. The van der Waals surface area contributed by atoms with E-state index >= 15 is 0 Å². The molecule has 0 bridgehead atoms. The van der Waals surface area contributed by atoms with Crippen LogP contribution >= 0.6 is 23.2 Å². The Morgan fingerprint density at radius 2 is 1.79 bits per heavy atom. The average Bonchev–Trinajstić information content (AvgIpc) is 2.81. The van der Waals surface area contributed by atoms with E-state index in [0.29, 0.717) is 51.7 Å². The standard InChI is InChI=1S/C23H22Cl2N6O2/c24-18-10-5-14(13-19(18)25)17(11-12-26)22(32)27-15-6-8-16(9-7-15)28-23-29-20-3-1-2-4-21(20)31(33)30-23/h1-10,13,17,31H,11-12,26H2,(H,27,32)(H2,28,29,30). The number of guanidine groups is 1. The number of rotatable bonds is 6. The largest absolute Gasteiger partial charge is 0.601 e. The Morgan fingerprint density at radius 3 is 2.52 bits per heavy atom. The molecule has 4 rings (SSSR count). The normalized spacial score (nSPS) is 15.6. The first kappa shape index (κ1) is 23.0. The Labute approximate surface area is 200 Å². The minimum Gasteiger partial charge on any atom is -0.601 e. The molecule has 0 aromatic heterocycles. The molecular formula is C23H22Cl2N6O2. The van der Waals surface area contributed by atoms with E-state index in [2.05, 4.69) is 21.1 Å². The van der Waals surface area contributed by atoms with Crippen LogP contribution in [0.4, 0.5) is 22.7 Å². The molecule has 3 aromatic rings. The Balaban J connectivity index is 1.42. The number of nitrogens with zero attached hydrogens (tertiary/aromatic N) is 1. The van der Waals surface area contributed by atoms with Crippen molar-refractivity contribution in [1.82, 2.24) is 0 Å². The van der Waals surface area contributed by atoms with E-state index in [1.54, 1.807) is 54.6 Å². The fraction of sp³-hybridized carbons (Fsp3) is 0.130.